The van der Waals surface area contributed by atoms with Crippen molar-refractivity contribution in [1.29, 1.82) is 0 Å². The number of fused-ring (bicyclic) bond motifs is 3. The number of ether oxygens (including phenoxy) is 4. The minimum atomic E-state index is 0.625. The zero-order valence-corrected chi connectivity index (χ0v) is 18.9. The fraction of sp³-hybridized carbons (Fsp3) is 0.375. The highest BCUT2D eigenvalue weighted by Gasteiger charge is 2.15. The van der Waals surface area contributed by atoms with Crippen molar-refractivity contribution in [1.82, 2.24) is 24.5 Å². The Balaban J connectivity index is 1.31. The molecular formula is C24H27N5O4. The van der Waals surface area contributed by atoms with E-state index in [-0.39, 0.29) is 0 Å². The van der Waals surface area contributed by atoms with Gasteiger partial charge >= 0.3 is 0 Å². The molecule has 0 unspecified atom stereocenters. The summed E-state index contributed by atoms with van der Waals surface area (Å²) in [5.41, 5.74) is 2.41. The largest absolute Gasteiger partial charge is 0.494 e. The van der Waals surface area contributed by atoms with E-state index < -0.39 is 0 Å². The first kappa shape index (κ1) is 21.4. The maximum absolute atomic E-state index is 5.92. The average molecular weight is 450 g/mol. The molecule has 9 heteroatoms. The summed E-state index contributed by atoms with van der Waals surface area (Å²) in [6.07, 6.45) is 2.72. The zero-order chi connectivity index (χ0) is 22.6. The van der Waals surface area contributed by atoms with Crippen LogP contribution in [0.3, 0.4) is 0 Å². The molecule has 0 saturated carbocycles. The molecule has 1 saturated heterocycles. The topological polar surface area (TPSA) is 83.2 Å². The molecule has 172 valence electrons. The van der Waals surface area contributed by atoms with Gasteiger partial charge in [0.2, 0.25) is 0 Å². The van der Waals surface area contributed by atoms with Gasteiger partial charge in [0.15, 0.2) is 23.0 Å². The molecule has 1 fully saturated rings. The smallest absolute Gasteiger partial charge is 0.171 e. The van der Waals surface area contributed by atoms with Crippen molar-refractivity contribution < 1.29 is 18.9 Å². The van der Waals surface area contributed by atoms with Gasteiger partial charge in [-0.2, -0.15) is 0 Å². The predicted octanol–water partition coefficient (Wildman–Crippen LogP) is 3.06. The summed E-state index contributed by atoms with van der Waals surface area (Å²) >= 11 is 0. The molecule has 5 rings (SSSR count). The van der Waals surface area contributed by atoms with E-state index in [4.69, 9.17) is 18.9 Å². The second-order valence-corrected chi connectivity index (χ2v) is 7.87. The second-order valence-electron chi connectivity index (χ2n) is 7.87. The fourth-order valence-electron chi connectivity index (χ4n) is 4.06. The van der Waals surface area contributed by atoms with E-state index in [1.54, 1.807) is 20.5 Å². The third-order valence-corrected chi connectivity index (χ3v) is 5.85. The Morgan fingerprint density at radius 1 is 0.970 bits per heavy atom. The van der Waals surface area contributed by atoms with Crippen molar-refractivity contribution in [2.24, 2.45) is 0 Å². The summed E-state index contributed by atoms with van der Waals surface area (Å²) in [6.45, 7) is 5.38. The molecule has 0 atom stereocenters. The Morgan fingerprint density at radius 2 is 1.73 bits per heavy atom. The molecule has 0 bridgehead atoms. The molecule has 4 aromatic rings. The number of morpholine rings is 1. The van der Waals surface area contributed by atoms with Crippen LogP contribution in [-0.4, -0.2) is 78.2 Å². The van der Waals surface area contributed by atoms with Crippen molar-refractivity contribution >= 4 is 16.6 Å². The Hall–Kier alpha value is -3.43. The van der Waals surface area contributed by atoms with E-state index in [2.05, 4.69) is 20.1 Å². The van der Waals surface area contributed by atoms with E-state index in [9.17, 15) is 0 Å². The van der Waals surface area contributed by atoms with Crippen LogP contribution in [0, 0.1) is 0 Å². The normalized spacial score (nSPS) is 14.6. The summed E-state index contributed by atoms with van der Waals surface area (Å²) in [5, 5.41) is 9.67. The van der Waals surface area contributed by atoms with E-state index in [1.807, 2.05) is 40.8 Å². The lowest BCUT2D eigenvalue weighted by Crippen LogP contribution is -2.37. The van der Waals surface area contributed by atoms with Crippen LogP contribution in [0.15, 0.2) is 42.7 Å². The SMILES string of the molecule is COc1cc2ncn3c(-c4ccc(OCCCN5CCOCC5)cc4)nnc3c2cc1OC. The van der Waals surface area contributed by atoms with Crippen LogP contribution in [0.1, 0.15) is 6.42 Å². The molecule has 2 aromatic heterocycles. The highest BCUT2D eigenvalue weighted by molar-refractivity contribution is 5.94. The van der Waals surface area contributed by atoms with E-state index in [0.29, 0.717) is 29.6 Å². The van der Waals surface area contributed by atoms with Crippen molar-refractivity contribution in [3.05, 3.63) is 42.7 Å². The molecule has 1 aliphatic heterocycles. The minimum Gasteiger partial charge on any atom is -0.494 e. The number of aromatic nitrogens is 4. The molecule has 33 heavy (non-hydrogen) atoms. The number of nitrogens with zero attached hydrogens (tertiary/aromatic N) is 5. The Kier molecular flexibility index (Phi) is 6.23. The number of benzene rings is 2. The first-order valence-electron chi connectivity index (χ1n) is 11.1. The average Bonchev–Trinajstić information content (AvgIpc) is 3.31. The lowest BCUT2D eigenvalue weighted by Gasteiger charge is -2.26. The molecule has 0 amide bonds. The molecule has 0 radical (unpaired) electrons. The van der Waals surface area contributed by atoms with Crippen LogP contribution < -0.4 is 14.2 Å². The third-order valence-electron chi connectivity index (χ3n) is 5.85. The van der Waals surface area contributed by atoms with Gasteiger partial charge in [0, 0.05) is 36.7 Å². The molecule has 0 N–H and O–H groups in total. The lowest BCUT2D eigenvalue weighted by molar-refractivity contribution is 0.0358. The fourth-order valence-corrected chi connectivity index (χ4v) is 4.06. The second kappa shape index (κ2) is 9.60. The molecule has 3 heterocycles. The number of methoxy groups -OCH3 is 2. The standard InChI is InChI=1S/C24H27N5O4/c1-30-21-14-19-20(15-22(21)31-2)25-16-29-23(26-27-24(19)29)17-4-6-18(7-5-17)33-11-3-8-28-9-12-32-13-10-28/h4-7,14-16H,3,8-13H2,1-2H3. The third kappa shape index (κ3) is 4.42. The van der Waals surface area contributed by atoms with Crippen LogP contribution in [0.4, 0.5) is 0 Å². The molecular weight excluding hydrogens is 422 g/mol. The van der Waals surface area contributed by atoms with Gasteiger partial charge < -0.3 is 18.9 Å². The zero-order valence-electron chi connectivity index (χ0n) is 18.9. The van der Waals surface area contributed by atoms with Gasteiger partial charge in [-0.3, -0.25) is 9.30 Å². The first-order valence-corrected chi connectivity index (χ1v) is 11.1. The van der Waals surface area contributed by atoms with Gasteiger partial charge in [-0.15, -0.1) is 10.2 Å². The summed E-state index contributed by atoms with van der Waals surface area (Å²) in [4.78, 5) is 6.98. The lowest BCUT2D eigenvalue weighted by atomic mass is 10.2. The maximum Gasteiger partial charge on any atom is 0.171 e. The van der Waals surface area contributed by atoms with Gasteiger partial charge in [0.05, 0.1) is 39.6 Å². The summed E-state index contributed by atoms with van der Waals surface area (Å²) in [6, 6.07) is 11.6. The van der Waals surface area contributed by atoms with Crippen LogP contribution in [0.25, 0.3) is 27.9 Å². The van der Waals surface area contributed by atoms with Crippen molar-refractivity contribution in [2.45, 2.75) is 6.42 Å². The molecule has 2 aromatic carbocycles. The van der Waals surface area contributed by atoms with Gasteiger partial charge in [-0.1, -0.05) is 0 Å². The molecule has 0 spiro atoms. The van der Waals surface area contributed by atoms with E-state index in [0.717, 1.165) is 61.5 Å². The Labute approximate surface area is 191 Å². The van der Waals surface area contributed by atoms with Crippen LogP contribution >= 0.6 is 0 Å². The quantitative estimate of drug-likeness (QED) is 0.380. The van der Waals surface area contributed by atoms with Crippen LogP contribution in [0.2, 0.25) is 0 Å². The van der Waals surface area contributed by atoms with Gasteiger partial charge in [-0.05, 0) is 36.8 Å². The maximum atomic E-state index is 5.92. The van der Waals surface area contributed by atoms with Crippen LogP contribution in [-0.2, 0) is 4.74 Å². The van der Waals surface area contributed by atoms with Crippen molar-refractivity contribution in [3.63, 3.8) is 0 Å². The summed E-state index contributed by atoms with van der Waals surface area (Å²) in [5.74, 6) is 2.81. The van der Waals surface area contributed by atoms with E-state index >= 15 is 0 Å². The highest BCUT2D eigenvalue weighted by Crippen LogP contribution is 2.33. The summed E-state index contributed by atoms with van der Waals surface area (Å²) in [7, 11) is 3.22. The predicted molar refractivity (Wildman–Crippen MR) is 124 cm³/mol. The number of hydrogen-bond acceptors (Lipinski definition) is 8. The molecule has 9 nitrogen and oxygen atoms in total. The molecule has 0 aliphatic carbocycles. The van der Waals surface area contributed by atoms with Crippen LogP contribution in [0.5, 0.6) is 17.2 Å². The molecule has 1 aliphatic rings. The highest BCUT2D eigenvalue weighted by atomic mass is 16.5. The minimum absolute atomic E-state index is 0.625. The van der Waals surface area contributed by atoms with Crippen molar-refractivity contribution in [2.75, 3.05) is 53.7 Å². The van der Waals surface area contributed by atoms with Gasteiger partial charge in [0.1, 0.15) is 12.1 Å². The number of hydrogen-bond donors (Lipinski definition) is 0. The number of rotatable bonds is 8. The van der Waals surface area contributed by atoms with Gasteiger partial charge in [0.25, 0.3) is 0 Å². The monoisotopic (exact) mass is 449 g/mol. The Morgan fingerprint density at radius 3 is 2.48 bits per heavy atom. The summed E-state index contributed by atoms with van der Waals surface area (Å²) < 4.78 is 24.0. The Bertz CT molecular complexity index is 1240. The van der Waals surface area contributed by atoms with Crippen molar-refractivity contribution in [3.8, 4) is 28.6 Å². The first-order chi connectivity index (χ1) is 16.3. The van der Waals surface area contributed by atoms with Gasteiger partial charge in [-0.25, -0.2) is 4.98 Å². The van der Waals surface area contributed by atoms with E-state index in [1.165, 1.54) is 0 Å².